The highest BCUT2D eigenvalue weighted by atomic mass is 16.5. The molecular formula is C20H26O3. The van der Waals surface area contributed by atoms with Gasteiger partial charge in [0, 0.05) is 11.1 Å². The molecule has 2 aromatic rings. The molecule has 0 unspecified atom stereocenters. The topological polar surface area (TPSA) is 49.7 Å². The van der Waals surface area contributed by atoms with E-state index in [0.717, 1.165) is 11.1 Å². The Balaban J connectivity index is 2.46. The van der Waals surface area contributed by atoms with Crippen molar-refractivity contribution in [1.82, 2.24) is 0 Å². The van der Waals surface area contributed by atoms with Crippen molar-refractivity contribution in [3.8, 4) is 23.0 Å². The van der Waals surface area contributed by atoms with Crippen LogP contribution in [0.3, 0.4) is 0 Å². The average molecular weight is 314 g/mol. The van der Waals surface area contributed by atoms with Crippen LogP contribution in [0, 0.1) is 0 Å². The van der Waals surface area contributed by atoms with Crippen LogP contribution in [-0.4, -0.2) is 10.2 Å². The molecule has 0 aliphatic carbocycles. The first-order valence-electron chi connectivity index (χ1n) is 7.84. The Kier molecular flexibility index (Phi) is 4.34. The number of ether oxygens (including phenoxy) is 1. The summed E-state index contributed by atoms with van der Waals surface area (Å²) in [5.41, 5.74) is 1.22. The van der Waals surface area contributed by atoms with E-state index in [9.17, 15) is 10.2 Å². The normalized spacial score (nSPS) is 12.3. The highest BCUT2D eigenvalue weighted by Gasteiger charge is 2.23. The second kappa shape index (κ2) is 5.80. The zero-order valence-corrected chi connectivity index (χ0v) is 14.8. The molecule has 0 amide bonds. The smallest absolute Gasteiger partial charge is 0.169 e. The first-order chi connectivity index (χ1) is 10.5. The fourth-order valence-corrected chi connectivity index (χ4v) is 2.54. The molecule has 0 heterocycles. The van der Waals surface area contributed by atoms with Crippen LogP contribution < -0.4 is 4.74 Å². The van der Waals surface area contributed by atoms with Gasteiger partial charge in [-0.25, -0.2) is 0 Å². The zero-order chi connectivity index (χ0) is 17.4. The lowest BCUT2D eigenvalue weighted by molar-refractivity contribution is 0.370. The quantitative estimate of drug-likeness (QED) is 0.771. The van der Waals surface area contributed by atoms with E-state index in [2.05, 4.69) is 0 Å². The van der Waals surface area contributed by atoms with Crippen molar-refractivity contribution < 1.29 is 14.9 Å². The summed E-state index contributed by atoms with van der Waals surface area (Å²) < 4.78 is 5.81. The maximum atomic E-state index is 10.5. The molecule has 0 aliphatic rings. The molecule has 0 aliphatic heterocycles. The fourth-order valence-electron chi connectivity index (χ4n) is 2.54. The van der Waals surface area contributed by atoms with Crippen molar-refractivity contribution in [3.63, 3.8) is 0 Å². The van der Waals surface area contributed by atoms with Gasteiger partial charge in [0.25, 0.3) is 0 Å². The van der Waals surface area contributed by atoms with Gasteiger partial charge in [0.15, 0.2) is 23.0 Å². The number of benzene rings is 2. The molecule has 23 heavy (non-hydrogen) atoms. The number of para-hydroxylation sites is 2. The monoisotopic (exact) mass is 314 g/mol. The third kappa shape index (κ3) is 3.61. The summed E-state index contributed by atoms with van der Waals surface area (Å²) in [5.74, 6) is 0.915. The predicted octanol–water partition coefficient (Wildman–Crippen LogP) is 5.49. The Morgan fingerprint density at radius 1 is 0.652 bits per heavy atom. The molecule has 2 N–H and O–H groups in total. The first kappa shape index (κ1) is 17.2. The minimum absolute atomic E-state index is 0.112. The maximum absolute atomic E-state index is 10.5. The molecule has 0 saturated heterocycles. The standard InChI is InChI=1S/C20H26O3/c1-19(2,3)13-9-7-11-15(17(13)21)23-16-12-8-10-14(18(16)22)20(4,5)6/h7-12,21-22H,1-6H3. The molecule has 0 atom stereocenters. The van der Waals surface area contributed by atoms with Gasteiger partial charge in [-0.05, 0) is 23.0 Å². The van der Waals surface area contributed by atoms with Gasteiger partial charge in [-0.3, -0.25) is 0 Å². The molecule has 2 rings (SSSR count). The summed E-state index contributed by atoms with van der Waals surface area (Å²) in [4.78, 5) is 0. The SMILES string of the molecule is CC(C)(C)c1cccc(Oc2cccc(C(C)(C)C)c2O)c1O. The highest BCUT2D eigenvalue weighted by Crippen LogP contribution is 2.43. The van der Waals surface area contributed by atoms with Crippen LogP contribution in [0.4, 0.5) is 0 Å². The number of phenols is 2. The van der Waals surface area contributed by atoms with E-state index in [-0.39, 0.29) is 22.3 Å². The molecule has 0 saturated carbocycles. The van der Waals surface area contributed by atoms with E-state index in [1.54, 1.807) is 12.1 Å². The van der Waals surface area contributed by atoms with Crippen molar-refractivity contribution in [1.29, 1.82) is 0 Å². The van der Waals surface area contributed by atoms with E-state index < -0.39 is 0 Å². The third-order valence-electron chi connectivity index (χ3n) is 3.83. The largest absolute Gasteiger partial charge is 0.504 e. The van der Waals surface area contributed by atoms with Gasteiger partial charge in [-0.2, -0.15) is 0 Å². The molecule has 3 nitrogen and oxygen atoms in total. The van der Waals surface area contributed by atoms with Crippen LogP contribution in [0.5, 0.6) is 23.0 Å². The van der Waals surface area contributed by atoms with E-state index in [0.29, 0.717) is 11.5 Å². The second-order valence-corrected chi connectivity index (χ2v) is 7.91. The summed E-state index contributed by atoms with van der Waals surface area (Å²) in [6.45, 7) is 12.2. The van der Waals surface area contributed by atoms with Gasteiger partial charge in [0.2, 0.25) is 0 Å². The molecule has 0 spiro atoms. The van der Waals surface area contributed by atoms with Crippen molar-refractivity contribution in [3.05, 3.63) is 47.5 Å². The summed E-state index contributed by atoms with van der Waals surface area (Å²) in [7, 11) is 0. The van der Waals surface area contributed by atoms with Crippen molar-refractivity contribution in [2.24, 2.45) is 0 Å². The number of rotatable bonds is 2. The Bertz CT molecular complexity index is 642. The molecule has 0 radical (unpaired) electrons. The summed E-state index contributed by atoms with van der Waals surface area (Å²) in [5, 5.41) is 21.0. The van der Waals surface area contributed by atoms with Crippen LogP contribution >= 0.6 is 0 Å². The van der Waals surface area contributed by atoms with Crippen molar-refractivity contribution in [2.45, 2.75) is 52.4 Å². The van der Waals surface area contributed by atoms with Gasteiger partial charge >= 0.3 is 0 Å². The third-order valence-corrected chi connectivity index (χ3v) is 3.83. The molecule has 2 aromatic carbocycles. The lowest BCUT2D eigenvalue weighted by atomic mass is 9.86. The highest BCUT2D eigenvalue weighted by molar-refractivity contribution is 5.54. The lowest BCUT2D eigenvalue weighted by Crippen LogP contribution is -2.12. The molecule has 3 heteroatoms. The summed E-state index contributed by atoms with van der Waals surface area (Å²) in [6, 6.07) is 10.9. The van der Waals surface area contributed by atoms with Crippen LogP contribution in [0.2, 0.25) is 0 Å². The Morgan fingerprint density at radius 3 is 1.30 bits per heavy atom. The zero-order valence-electron chi connectivity index (χ0n) is 14.8. The van der Waals surface area contributed by atoms with Gasteiger partial charge in [0.05, 0.1) is 0 Å². The second-order valence-electron chi connectivity index (χ2n) is 7.91. The Hall–Kier alpha value is -2.16. The predicted molar refractivity (Wildman–Crippen MR) is 93.7 cm³/mol. The minimum Gasteiger partial charge on any atom is -0.504 e. The van der Waals surface area contributed by atoms with E-state index in [1.165, 1.54) is 0 Å². The molecule has 0 aromatic heterocycles. The fraction of sp³-hybridized carbons (Fsp3) is 0.400. The molecule has 0 bridgehead atoms. The van der Waals surface area contributed by atoms with Crippen molar-refractivity contribution in [2.75, 3.05) is 0 Å². The Morgan fingerprint density at radius 2 is 1.00 bits per heavy atom. The van der Waals surface area contributed by atoms with Gasteiger partial charge in [0.1, 0.15) is 0 Å². The van der Waals surface area contributed by atoms with Gasteiger partial charge in [-0.1, -0.05) is 65.8 Å². The maximum Gasteiger partial charge on any atom is 0.169 e. The van der Waals surface area contributed by atoms with Crippen LogP contribution in [0.1, 0.15) is 52.7 Å². The minimum atomic E-state index is -0.196. The lowest BCUT2D eigenvalue weighted by Gasteiger charge is -2.23. The number of hydrogen-bond donors (Lipinski definition) is 2. The Labute approximate surface area is 138 Å². The van der Waals surface area contributed by atoms with E-state index in [1.807, 2.05) is 65.8 Å². The van der Waals surface area contributed by atoms with Crippen LogP contribution in [0.25, 0.3) is 0 Å². The summed E-state index contributed by atoms with van der Waals surface area (Å²) >= 11 is 0. The van der Waals surface area contributed by atoms with Crippen molar-refractivity contribution >= 4 is 0 Å². The number of phenolic OH excluding ortho intramolecular Hbond substituents is 2. The summed E-state index contributed by atoms with van der Waals surface area (Å²) in [6.07, 6.45) is 0. The van der Waals surface area contributed by atoms with E-state index >= 15 is 0 Å². The number of hydrogen-bond acceptors (Lipinski definition) is 3. The van der Waals surface area contributed by atoms with Crippen LogP contribution in [-0.2, 0) is 10.8 Å². The van der Waals surface area contributed by atoms with Gasteiger partial charge < -0.3 is 14.9 Å². The first-order valence-corrected chi connectivity index (χ1v) is 7.84. The molecular weight excluding hydrogens is 288 g/mol. The number of aromatic hydroxyl groups is 2. The molecule has 124 valence electrons. The molecule has 0 fully saturated rings. The van der Waals surface area contributed by atoms with Gasteiger partial charge in [-0.15, -0.1) is 0 Å². The van der Waals surface area contributed by atoms with Crippen LogP contribution in [0.15, 0.2) is 36.4 Å². The van der Waals surface area contributed by atoms with E-state index in [4.69, 9.17) is 4.74 Å². The average Bonchev–Trinajstić information content (AvgIpc) is 2.40.